The van der Waals surface area contributed by atoms with Gasteiger partial charge in [-0.05, 0) is 31.0 Å². The minimum Gasteiger partial charge on any atom is -0.354 e. The van der Waals surface area contributed by atoms with E-state index in [0.717, 1.165) is 12.0 Å². The molecule has 23 heavy (non-hydrogen) atoms. The lowest BCUT2D eigenvalue weighted by atomic mass is 10.1. The summed E-state index contributed by atoms with van der Waals surface area (Å²) in [5.41, 5.74) is 0.832. The number of benzene rings is 1. The summed E-state index contributed by atoms with van der Waals surface area (Å²) >= 11 is 0. The summed E-state index contributed by atoms with van der Waals surface area (Å²) in [7, 11) is -1.96. The van der Waals surface area contributed by atoms with Crippen molar-refractivity contribution in [2.75, 3.05) is 7.05 Å². The van der Waals surface area contributed by atoms with E-state index in [1.807, 2.05) is 6.07 Å². The fourth-order valence-electron chi connectivity index (χ4n) is 2.22. The van der Waals surface area contributed by atoms with Gasteiger partial charge in [-0.1, -0.05) is 38.3 Å². The van der Waals surface area contributed by atoms with E-state index >= 15 is 0 Å². The van der Waals surface area contributed by atoms with Crippen molar-refractivity contribution in [2.45, 2.75) is 57.0 Å². The minimum absolute atomic E-state index is 0.118. The number of hydrogen-bond donors (Lipinski definition) is 3. The van der Waals surface area contributed by atoms with Crippen LogP contribution >= 0.6 is 0 Å². The molecule has 0 aromatic heterocycles. The Bertz CT molecular complexity index is 614. The summed E-state index contributed by atoms with van der Waals surface area (Å²) in [6.45, 7) is 4.79. The standard InChI is InChI=1S/C16H28N4O2S/c1-4-5-6-8-13(2)20-16(18-3)19-12-14-9-7-10-15(11-14)23(17,21)22/h7,9-11,13H,4-6,8,12H2,1-3H3,(H2,17,21,22)(H2,18,19,20). The molecule has 0 amide bonds. The van der Waals surface area contributed by atoms with E-state index in [0.29, 0.717) is 18.5 Å². The average molecular weight is 340 g/mol. The van der Waals surface area contributed by atoms with Crippen LogP contribution in [0.15, 0.2) is 34.2 Å². The number of guanidine groups is 1. The lowest BCUT2D eigenvalue weighted by Crippen LogP contribution is -2.41. The first-order valence-electron chi connectivity index (χ1n) is 7.95. The lowest BCUT2D eigenvalue weighted by Gasteiger charge is -2.18. The van der Waals surface area contributed by atoms with Crippen molar-refractivity contribution in [2.24, 2.45) is 10.1 Å². The summed E-state index contributed by atoms with van der Waals surface area (Å²) in [6.07, 6.45) is 4.73. The van der Waals surface area contributed by atoms with E-state index in [1.165, 1.54) is 25.3 Å². The first kappa shape index (κ1) is 19.4. The normalized spacial score (nSPS) is 13.7. The zero-order chi connectivity index (χ0) is 17.3. The second-order valence-electron chi connectivity index (χ2n) is 5.66. The molecule has 0 aliphatic carbocycles. The maximum atomic E-state index is 11.4. The Hall–Kier alpha value is -1.60. The molecule has 0 bridgehead atoms. The van der Waals surface area contributed by atoms with Crippen LogP contribution in [0.2, 0.25) is 0 Å². The van der Waals surface area contributed by atoms with E-state index in [4.69, 9.17) is 5.14 Å². The van der Waals surface area contributed by atoms with Crippen LogP contribution in [0.1, 0.15) is 45.1 Å². The first-order chi connectivity index (χ1) is 10.9. The number of aliphatic imine (C=N–C) groups is 1. The van der Waals surface area contributed by atoms with Gasteiger partial charge >= 0.3 is 0 Å². The van der Waals surface area contributed by atoms with Gasteiger partial charge in [0.15, 0.2) is 5.96 Å². The fourth-order valence-corrected chi connectivity index (χ4v) is 2.80. The van der Waals surface area contributed by atoms with Gasteiger partial charge < -0.3 is 10.6 Å². The molecule has 0 heterocycles. The Labute approximate surface area is 139 Å². The first-order valence-corrected chi connectivity index (χ1v) is 9.50. The highest BCUT2D eigenvalue weighted by atomic mass is 32.2. The van der Waals surface area contributed by atoms with Crippen LogP contribution in [0, 0.1) is 0 Å². The maximum absolute atomic E-state index is 11.4. The van der Waals surface area contributed by atoms with E-state index in [2.05, 4.69) is 29.5 Å². The molecule has 0 aliphatic heterocycles. The van der Waals surface area contributed by atoms with Gasteiger partial charge in [0, 0.05) is 19.6 Å². The second-order valence-corrected chi connectivity index (χ2v) is 7.22. The fraction of sp³-hybridized carbons (Fsp3) is 0.562. The van der Waals surface area contributed by atoms with Crippen molar-refractivity contribution >= 4 is 16.0 Å². The summed E-state index contributed by atoms with van der Waals surface area (Å²) in [5, 5.41) is 11.7. The summed E-state index contributed by atoms with van der Waals surface area (Å²) in [5.74, 6) is 0.704. The summed E-state index contributed by atoms with van der Waals surface area (Å²) < 4.78 is 22.7. The average Bonchev–Trinajstić information content (AvgIpc) is 2.51. The molecule has 7 heteroatoms. The molecule has 4 N–H and O–H groups in total. The Balaban J connectivity index is 2.55. The number of hydrogen-bond acceptors (Lipinski definition) is 3. The Morgan fingerprint density at radius 3 is 2.70 bits per heavy atom. The van der Waals surface area contributed by atoms with Crippen LogP contribution in [0.5, 0.6) is 0 Å². The van der Waals surface area contributed by atoms with Crippen molar-refractivity contribution in [3.63, 3.8) is 0 Å². The Kier molecular flexibility index (Phi) is 8.05. The topological polar surface area (TPSA) is 96.6 Å². The van der Waals surface area contributed by atoms with Crippen LogP contribution in [-0.4, -0.2) is 27.5 Å². The molecule has 1 rings (SSSR count). The van der Waals surface area contributed by atoms with Gasteiger partial charge in [0.2, 0.25) is 10.0 Å². The van der Waals surface area contributed by atoms with E-state index < -0.39 is 10.0 Å². The zero-order valence-electron chi connectivity index (χ0n) is 14.2. The molecule has 1 aromatic rings. The van der Waals surface area contributed by atoms with Gasteiger partial charge in [-0.25, -0.2) is 13.6 Å². The van der Waals surface area contributed by atoms with Crippen LogP contribution in [0.3, 0.4) is 0 Å². The molecule has 0 saturated carbocycles. The SMILES string of the molecule is CCCCCC(C)NC(=NC)NCc1cccc(S(N)(=O)=O)c1. The number of primary sulfonamides is 1. The molecule has 130 valence electrons. The van der Waals surface area contributed by atoms with Gasteiger partial charge in [-0.15, -0.1) is 0 Å². The third-order valence-corrected chi connectivity index (χ3v) is 4.45. The minimum atomic E-state index is -3.67. The van der Waals surface area contributed by atoms with Crippen LogP contribution in [-0.2, 0) is 16.6 Å². The lowest BCUT2D eigenvalue weighted by molar-refractivity contribution is 0.546. The highest BCUT2D eigenvalue weighted by Crippen LogP contribution is 2.09. The molecule has 1 unspecified atom stereocenters. The van der Waals surface area contributed by atoms with E-state index in [1.54, 1.807) is 19.2 Å². The zero-order valence-corrected chi connectivity index (χ0v) is 15.0. The second kappa shape index (κ2) is 9.52. The van der Waals surface area contributed by atoms with Crippen LogP contribution in [0.25, 0.3) is 0 Å². The van der Waals surface area contributed by atoms with Crippen molar-refractivity contribution in [1.29, 1.82) is 0 Å². The number of rotatable bonds is 8. The quantitative estimate of drug-likeness (QED) is 0.383. The molecule has 0 spiro atoms. The van der Waals surface area contributed by atoms with Gasteiger partial charge in [0.25, 0.3) is 0 Å². The van der Waals surface area contributed by atoms with Gasteiger partial charge in [0.05, 0.1) is 4.90 Å². The van der Waals surface area contributed by atoms with Crippen molar-refractivity contribution in [1.82, 2.24) is 10.6 Å². The molecule has 6 nitrogen and oxygen atoms in total. The molecular formula is C16H28N4O2S. The number of nitrogens with one attached hydrogen (secondary N) is 2. The van der Waals surface area contributed by atoms with Gasteiger partial charge in [0.1, 0.15) is 0 Å². The molecule has 1 aromatic carbocycles. The van der Waals surface area contributed by atoms with Crippen molar-refractivity contribution < 1.29 is 8.42 Å². The predicted octanol–water partition coefficient (Wildman–Crippen LogP) is 1.97. The number of nitrogens with zero attached hydrogens (tertiary/aromatic N) is 1. The molecule has 0 fully saturated rings. The van der Waals surface area contributed by atoms with E-state index in [-0.39, 0.29) is 4.90 Å². The van der Waals surface area contributed by atoms with Gasteiger partial charge in [-0.2, -0.15) is 0 Å². The highest BCUT2D eigenvalue weighted by molar-refractivity contribution is 7.89. The molecule has 0 saturated heterocycles. The summed E-state index contributed by atoms with van der Waals surface area (Å²) in [4.78, 5) is 4.31. The number of unbranched alkanes of at least 4 members (excludes halogenated alkanes) is 2. The maximum Gasteiger partial charge on any atom is 0.238 e. The van der Waals surface area contributed by atoms with E-state index in [9.17, 15) is 8.42 Å². The van der Waals surface area contributed by atoms with Crippen molar-refractivity contribution in [3.05, 3.63) is 29.8 Å². The number of sulfonamides is 1. The number of nitrogens with two attached hydrogens (primary N) is 1. The molecule has 0 radical (unpaired) electrons. The summed E-state index contributed by atoms with van der Waals surface area (Å²) in [6, 6.07) is 6.92. The smallest absolute Gasteiger partial charge is 0.238 e. The van der Waals surface area contributed by atoms with Crippen molar-refractivity contribution in [3.8, 4) is 0 Å². The van der Waals surface area contributed by atoms with Gasteiger partial charge in [-0.3, -0.25) is 4.99 Å². The molecular weight excluding hydrogens is 312 g/mol. The third-order valence-electron chi connectivity index (χ3n) is 3.53. The largest absolute Gasteiger partial charge is 0.354 e. The molecule has 1 atom stereocenters. The molecule has 0 aliphatic rings. The van der Waals surface area contributed by atoms with Crippen LogP contribution < -0.4 is 15.8 Å². The third kappa shape index (κ3) is 7.47. The Morgan fingerprint density at radius 1 is 1.35 bits per heavy atom. The monoisotopic (exact) mass is 340 g/mol. The predicted molar refractivity (Wildman–Crippen MR) is 94.8 cm³/mol. The van der Waals surface area contributed by atoms with Crippen LogP contribution in [0.4, 0.5) is 0 Å². The Morgan fingerprint density at radius 2 is 2.09 bits per heavy atom. The highest BCUT2D eigenvalue weighted by Gasteiger charge is 2.09.